The van der Waals surface area contributed by atoms with Gasteiger partial charge in [-0.1, -0.05) is 19.1 Å². The van der Waals surface area contributed by atoms with Crippen molar-refractivity contribution in [2.75, 3.05) is 13.1 Å². The Bertz CT molecular complexity index is 467. The molecule has 2 nitrogen and oxygen atoms in total. The summed E-state index contributed by atoms with van der Waals surface area (Å²) in [5.41, 5.74) is 4.13. The van der Waals surface area contributed by atoms with Crippen LogP contribution in [0.1, 0.15) is 30.5 Å². The Morgan fingerprint density at radius 2 is 2.11 bits per heavy atom. The summed E-state index contributed by atoms with van der Waals surface area (Å²) in [7, 11) is 0. The van der Waals surface area contributed by atoms with Crippen LogP contribution >= 0.6 is 11.3 Å². The molecule has 1 atom stereocenters. The first-order chi connectivity index (χ1) is 9.29. The molecule has 0 amide bonds. The SMILES string of the molecule is CCCNCC(Cc1cscn1)c1ccc(F)cc1. The molecule has 1 N–H and O–H groups in total. The number of rotatable bonds is 7. The van der Waals surface area contributed by atoms with E-state index in [0.29, 0.717) is 5.92 Å². The number of benzene rings is 1. The lowest BCUT2D eigenvalue weighted by molar-refractivity contribution is 0.570. The summed E-state index contributed by atoms with van der Waals surface area (Å²) in [5, 5.41) is 5.52. The highest BCUT2D eigenvalue weighted by Crippen LogP contribution is 2.21. The number of thiazole rings is 1. The van der Waals surface area contributed by atoms with E-state index in [1.807, 2.05) is 17.6 Å². The van der Waals surface area contributed by atoms with Crippen LogP contribution in [0.15, 0.2) is 35.2 Å². The molecule has 0 spiro atoms. The first-order valence-corrected chi connectivity index (χ1v) is 7.57. The van der Waals surface area contributed by atoms with Gasteiger partial charge in [0.15, 0.2) is 0 Å². The van der Waals surface area contributed by atoms with Crippen molar-refractivity contribution in [3.05, 3.63) is 52.2 Å². The predicted molar refractivity (Wildman–Crippen MR) is 78.1 cm³/mol. The van der Waals surface area contributed by atoms with Gasteiger partial charge in [-0.2, -0.15) is 0 Å². The Hall–Kier alpha value is -1.26. The molecule has 1 heterocycles. The van der Waals surface area contributed by atoms with Crippen LogP contribution in [0.5, 0.6) is 0 Å². The number of hydrogen-bond donors (Lipinski definition) is 1. The standard InChI is InChI=1S/C15H19FN2S/c1-2-7-17-9-13(8-15-10-19-11-18-15)12-3-5-14(16)6-4-12/h3-6,10-11,13,17H,2,7-9H2,1H3. The highest BCUT2D eigenvalue weighted by Gasteiger charge is 2.13. The van der Waals surface area contributed by atoms with Gasteiger partial charge in [-0.05, 0) is 37.1 Å². The molecule has 1 aromatic carbocycles. The topological polar surface area (TPSA) is 24.9 Å². The number of hydrogen-bond acceptors (Lipinski definition) is 3. The van der Waals surface area contributed by atoms with Crippen LogP contribution in [0.25, 0.3) is 0 Å². The molecule has 0 bridgehead atoms. The van der Waals surface area contributed by atoms with Crippen molar-refractivity contribution in [1.82, 2.24) is 10.3 Å². The minimum atomic E-state index is -0.183. The van der Waals surface area contributed by atoms with Gasteiger partial charge in [0.25, 0.3) is 0 Å². The van der Waals surface area contributed by atoms with Gasteiger partial charge < -0.3 is 5.32 Å². The molecule has 1 unspecified atom stereocenters. The second kappa shape index (κ2) is 7.36. The first-order valence-electron chi connectivity index (χ1n) is 6.63. The van der Waals surface area contributed by atoms with Gasteiger partial charge in [0, 0.05) is 17.8 Å². The quantitative estimate of drug-likeness (QED) is 0.783. The highest BCUT2D eigenvalue weighted by molar-refractivity contribution is 7.07. The lowest BCUT2D eigenvalue weighted by Crippen LogP contribution is -2.23. The zero-order valence-electron chi connectivity index (χ0n) is 11.1. The second-order valence-electron chi connectivity index (χ2n) is 4.64. The summed E-state index contributed by atoms with van der Waals surface area (Å²) in [5.74, 6) is 0.159. The minimum Gasteiger partial charge on any atom is -0.316 e. The molecule has 19 heavy (non-hydrogen) atoms. The molecule has 0 saturated carbocycles. The largest absolute Gasteiger partial charge is 0.316 e. The summed E-state index contributed by atoms with van der Waals surface area (Å²) < 4.78 is 13.0. The van der Waals surface area contributed by atoms with Crippen LogP contribution in [0, 0.1) is 5.82 Å². The molecule has 102 valence electrons. The maximum Gasteiger partial charge on any atom is 0.123 e. The summed E-state index contributed by atoms with van der Waals surface area (Å²) >= 11 is 1.62. The van der Waals surface area contributed by atoms with Crippen molar-refractivity contribution in [3.63, 3.8) is 0 Å². The fourth-order valence-corrected chi connectivity index (χ4v) is 2.66. The van der Waals surface area contributed by atoms with Crippen molar-refractivity contribution in [2.24, 2.45) is 0 Å². The normalized spacial score (nSPS) is 12.5. The Kier molecular flexibility index (Phi) is 5.48. The Labute approximate surface area is 117 Å². The molecule has 0 saturated heterocycles. The van der Waals surface area contributed by atoms with E-state index in [1.54, 1.807) is 11.3 Å². The predicted octanol–water partition coefficient (Wildman–Crippen LogP) is 3.61. The van der Waals surface area contributed by atoms with E-state index in [-0.39, 0.29) is 5.82 Å². The molecule has 0 radical (unpaired) electrons. The Balaban J connectivity index is 2.06. The number of nitrogens with zero attached hydrogens (tertiary/aromatic N) is 1. The average molecular weight is 278 g/mol. The van der Waals surface area contributed by atoms with Crippen LogP contribution in [-0.2, 0) is 6.42 Å². The van der Waals surface area contributed by atoms with Crippen molar-refractivity contribution in [2.45, 2.75) is 25.7 Å². The lowest BCUT2D eigenvalue weighted by atomic mass is 9.94. The van der Waals surface area contributed by atoms with E-state index in [0.717, 1.165) is 37.2 Å². The third-order valence-electron chi connectivity index (χ3n) is 3.10. The van der Waals surface area contributed by atoms with Gasteiger partial charge >= 0.3 is 0 Å². The molecule has 0 aliphatic rings. The van der Waals surface area contributed by atoms with Crippen LogP contribution in [0.4, 0.5) is 4.39 Å². The number of aromatic nitrogens is 1. The molecular formula is C15H19FN2S. The van der Waals surface area contributed by atoms with Gasteiger partial charge in [-0.15, -0.1) is 11.3 Å². The number of nitrogens with one attached hydrogen (secondary N) is 1. The fraction of sp³-hybridized carbons (Fsp3) is 0.400. The Morgan fingerprint density at radius 1 is 1.32 bits per heavy atom. The van der Waals surface area contributed by atoms with Gasteiger partial charge in [0.1, 0.15) is 5.82 Å². The van der Waals surface area contributed by atoms with Crippen molar-refractivity contribution < 1.29 is 4.39 Å². The highest BCUT2D eigenvalue weighted by atomic mass is 32.1. The van der Waals surface area contributed by atoms with Crippen molar-refractivity contribution in [1.29, 1.82) is 0 Å². The molecule has 0 aliphatic heterocycles. The smallest absolute Gasteiger partial charge is 0.123 e. The van der Waals surface area contributed by atoms with E-state index >= 15 is 0 Å². The van der Waals surface area contributed by atoms with Gasteiger partial charge in [-0.3, -0.25) is 0 Å². The molecule has 1 aromatic heterocycles. The fourth-order valence-electron chi connectivity index (χ4n) is 2.09. The van der Waals surface area contributed by atoms with E-state index in [4.69, 9.17) is 0 Å². The second-order valence-corrected chi connectivity index (χ2v) is 5.36. The van der Waals surface area contributed by atoms with Crippen LogP contribution in [0.3, 0.4) is 0 Å². The first kappa shape index (κ1) is 14.2. The summed E-state index contributed by atoms with van der Waals surface area (Å²) in [6, 6.07) is 6.81. The van der Waals surface area contributed by atoms with Gasteiger partial charge in [0.05, 0.1) is 11.2 Å². The zero-order chi connectivity index (χ0) is 13.5. The van der Waals surface area contributed by atoms with Gasteiger partial charge in [0.2, 0.25) is 0 Å². The third-order valence-corrected chi connectivity index (χ3v) is 3.73. The summed E-state index contributed by atoms with van der Waals surface area (Å²) in [6.07, 6.45) is 2.01. The van der Waals surface area contributed by atoms with Crippen LogP contribution < -0.4 is 5.32 Å². The summed E-state index contributed by atoms with van der Waals surface area (Å²) in [4.78, 5) is 4.34. The molecule has 2 rings (SSSR count). The summed E-state index contributed by atoms with van der Waals surface area (Å²) in [6.45, 7) is 4.06. The molecule has 0 fully saturated rings. The monoisotopic (exact) mass is 278 g/mol. The molecule has 4 heteroatoms. The molecular weight excluding hydrogens is 259 g/mol. The zero-order valence-corrected chi connectivity index (χ0v) is 11.9. The third kappa shape index (κ3) is 4.40. The van der Waals surface area contributed by atoms with Gasteiger partial charge in [-0.25, -0.2) is 9.37 Å². The van der Waals surface area contributed by atoms with Crippen LogP contribution in [-0.4, -0.2) is 18.1 Å². The molecule has 2 aromatic rings. The molecule has 0 aliphatic carbocycles. The van der Waals surface area contributed by atoms with E-state index in [9.17, 15) is 4.39 Å². The van der Waals surface area contributed by atoms with Crippen LogP contribution in [0.2, 0.25) is 0 Å². The van der Waals surface area contributed by atoms with Crippen molar-refractivity contribution in [3.8, 4) is 0 Å². The average Bonchev–Trinajstić information content (AvgIpc) is 2.92. The number of halogens is 1. The lowest BCUT2D eigenvalue weighted by Gasteiger charge is -2.17. The van der Waals surface area contributed by atoms with E-state index in [2.05, 4.69) is 22.6 Å². The van der Waals surface area contributed by atoms with Crippen molar-refractivity contribution >= 4 is 11.3 Å². The maximum absolute atomic E-state index is 13.0. The maximum atomic E-state index is 13.0. The van der Waals surface area contributed by atoms with E-state index < -0.39 is 0 Å². The van der Waals surface area contributed by atoms with E-state index in [1.165, 1.54) is 12.1 Å². The Morgan fingerprint density at radius 3 is 2.74 bits per heavy atom. The minimum absolute atomic E-state index is 0.183.